The molecule has 0 saturated heterocycles. The molecule has 38 heavy (non-hydrogen) atoms. The van der Waals surface area contributed by atoms with Crippen LogP contribution in [0.15, 0.2) is 40.7 Å². The topological polar surface area (TPSA) is 116 Å². The molecule has 0 saturated carbocycles. The molecule has 2 aliphatic rings. The molecule has 2 amide bonds. The van der Waals surface area contributed by atoms with E-state index >= 15 is 0 Å². The molecule has 2 aliphatic carbocycles. The lowest BCUT2D eigenvalue weighted by Gasteiger charge is -2.31. The van der Waals surface area contributed by atoms with Crippen molar-refractivity contribution >= 4 is 33.0 Å². The number of ether oxygens (including phenoxy) is 1. The van der Waals surface area contributed by atoms with Crippen LogP contribution < -0.4 is 10.1 Å². The highest BCUT2D eigenvalue weighted by atomic mass is 32.2. The van der Waals surface area contributed by atoms with Gasteiger partial charge in [-0.1, -0.05) is 18.2 Å². The fourth-order valence-electron chi connectivity index (χ4n) is 5.43. The standard InChI is InChI=1S/C28H34N4O4S2/c1-17(18-11-13-21(36-4)14-12-18)32(38(29,35)24-16-30-26(37-24)28(2,3)34)27(33)31-25-22-9-5-7-19(22)15-20-8-6-10-23(20)25/h11-17,29,34H,5-10H2,1-4H3,(H,31,33). The third-order valence-electron chi connectivity index (χ3n) is 7.41. The second-order valence-corrected chi connectivity index (χ2v) is 13.7. The van der Waals surface area contributed by atoms with E-state index < -0.39 is 27.6 Å². The number of rotatable bonds is 7. The van der Waals surface area contributed by atoms with Gasteiger partial charge in [0.15, 0.2) is 9.92 Å². The Morgan fingerprint density at radius 3 is 2.29 bits per heavy atom. The lowest BCUT2D eigenvalue weighted by Crippen LogP contribution is -2.41. The highest BCUT2D eigenvalue weighted by Crippen LogP contribution is 2.40. The summed E-state index contributed by atoms with van der Waals surface area (Å²) < 4.78 is 29.8. The second-order valence-electron chi connectivity index (χ2n) is 10.5. The van der Waals surface area contributed by atoms with Crippen LogP contribution in [-0.4, -0.2) is 31.7 Å². The van der Waals surface area contributed by atoms with Crippen LogP contribution in [0.25, 0.3) is 0 Å². The first kappa shape index (κ1) is 26.6. The molecule has 3 N–H and O–H groups in total. The van der Waals surface area contributed by atoms with Crippen LogP contribution in [0.1, 0.15) is 72.5 Å². The maximum absolute atomic E-state index is 14.3. The zero-order chi connectivity index (χ0) is 27.2. The quantitative estimate of drug-likeness (QED) is 0.333. The van der Waals surface area contributed by atoms with Crippen molar-refractivity contribution in [3.63, 3.8) is 0 Å². The molecule has 202 valence electrons. The number of nitrogens with one attached hydrogen (secondary N) is 2. The van der Waals surface area contributed by atoms with Crippen molar-refractivity contribution in [2.75, 3.05) is 12.4 Å². The maximum Gasteiger partial charge on any atom is 0.335 e. The molecule has 2 aromatic carbocycles. The molecule has 5 rings (SSSR count). The number of nitrogens with zero attached hydrogens (tertiary/aromatic N) is 2. The van der Waals surface area contributed by atoms with E-state index in [1.54, 1.807) is 40.0 Å². The fourth-order valence-corrected chi connectivity index (χ4v) is 8.25. The van der Waals surface area contributed by atoms with Gasteiger partial charge < -0.3 is 15.2 Å². The van der Waals surface area contributed by atoms with E-state index in [0.29, 0.717) is 10.8 Å². The molecular weight excluding hydrogens is 520 g/mol. The highest BCUT2D eigenvalue weighted by molar-refractivity contribution is 7.92. The molecule has 2 unspecified atom stereocenters. The van der Waals surface area contributed by atoms with Gasteiger partial charge in [0.1, 0.15) is 20.6 Å². The molecule has 0 bridgehead atoms. The highest BCUT2D eigenvalue weighted by Gasteiger charge is 2.36. The van der Waals surface area contributed by atoms with Crippen molar-refractivity contribution in [1.29, 1.82) is 4.78 Å². The molecule has 0 spiro atoms. The van der Waals surface area contributed by atoms with Gasteiger partial charge in [0, 0.05) is 5.69 Å². The molecule has 0 aliphatic heterocycles. The van der Waals surface area contributed by atoms with E-state index in [1.807, 2.05) is 12.1 Å². The first-order chi connectivity index (χ1) is 18.0. The first-order valence-corrected chi connectivity index (χ1v) is 15.2. The summed E-state index contributed by atoms with van der Waals surface area (Å²) in [7, 11) is -2.24. The Labute approximate surface area is 228 Å². The predicted molar refractivity (Wildman–Crippen MR) is 149 cm³/mol. The SMILES string of the molecule is COc1ccc(C(C)N(C(=O)Nc2c3c(cc4c2CCC4)CCC3)S(=N)(=O)c2cnc(C(C)(C)O)s2)cc1. The molecule has 0 fully saturated rings. The van der Waals surface area contributed by atoms with Crippen LogP contribution >= 0.6 is 11.3 Å². The van der Waals surface area contributed by atoms with Crippen molar-refractivity contribution in [3.05, 3.63) is 69.4 Å². The third-order valence-corrected chi connectivity index (χ3v) is 11.1. The van der Waals surface area contributed by atoms with Gasteiger partial charge in [0.2, 0.25) is 0 Å². The number of carbonyl (C=O) groups is 1. The Hall–Kier alpha value is -2.95. The zero-order valence-corrected chi connectivity index (χ0v) is 23.8. The van der Waals surface area contributed by atoms with E-state index in [-0.39, 0.29) is 4.21 Å². The molecule has 1 heterocycles. The molecule has 10 heteroatoms. The Morgan fingerprint density at radius 1 is 1.16 bits per heavy atom. The Bertz CT molecular complexity index is 1440. The summed E-state index contributed by atoms with van der Waals surface area (Å²) in [6.45, 7) is 4.94. The largest absolute Gasteiger partial charge is 0.497 e. The van der Waals surface area contributed by atoms with Gasteiger partial charge in [0.05, 0.1) is 19.3 Å². The molecular formula is C28H34N4O4S2. The minimum Gasteiger partial charge on any atom is -0.497 e. The Morgan fingerprint density at radius 2 is 1.76 bits per heavy atom. The van der Waals surface area contributed by atoms with Gasteiger partial charge in [0.25, 0.3) is 0 Å². The lowest BCUT2D eigenvalue weighted by atomic mass is 9.99. The predicted octanol–water partition coefficient (Wildman–Crippen LogP) is 5.97. The van der Waals surface area contributed by atoms with Crippen LogP contribution in [0.2, 0.25) is 0 Å². The van der Waals surface area contributed by atoms with E-state index in [1.165, 1.54) is 17.3 Å². The summed E-state index contributed by atoms with van der Waals surface area (Å²) in [5.41, 5.74) is 5.18. The number of thiazole rings is 1. The third kappa shape index (κ3) is 4.81. The van der Waals surface area contributed by atoms with Crippen molar-refractivity contribution in [2.45, 2.75) is 75.1 Å². The number of hydrogen-bond donors (Lipinski definition) is 3. The summed E-state index contributed by atoms with van der Waals surface area (Å²) in [5.74, 6) is 0.663. The Balaban J connectivity index is 1.57. The molecule has 3 aromatic rings. The monoisotopic (exact) mass is 554 g/mol. The summed E-state index contributed by atoms with van der Waals surface area (Å²) in [5, 5.41) is 13.9. The normalized spacial score (nSPS) is 16.9. The number of benzene rings is 2. The number of aliphatic hydroxyl groups is 1. The summed E-state index contributed by atoms with van der Waals surface area (Å²) in [4.78, 5) is 18.3. The van der Waals surface area contributed by atoms with Crippen molar-refractivity contribution in [1.82, 2.24) is 9.29 Å². The van der Waals surface area contributed by atoms with Crippen molar-refractivity contribution in [2.24, 2.45) is 0 Å². The summed E-state index contributed by atoms with van der Waals surface area (Å²) in [6.07, 6.45) is 7.21. The van der Waals surface area contributed by atoms with Crippen LogP contribution in [-0.2, 0) is 41.2 Å². The van der Waals surface area contributed by atoms with Crippen LogP contribution in [0.3, 0.4) is 0 Å². The van der Waals surface area contributed by atoms with Crippen molar-refractivity contribution < 1.29 is 18.8 Å². The summed E-state index contributed by atoms with van der Waals surface area (Å²) in [6, 6.07) is 8.21. The average Bonchev–Trinajstić information content (AvgIpc) is 3.64. The van der Waals surface area contributed by atoms with Crippen LogP contribution in [0.5, 0.6) is 5.75 Å². The first-order valence-electron chi connectivity index (χ1n) is 12.9. The average molecular weight is 555 g/mol. The number of aromatic nitrogens is 1. The van der Waals surface area contributed by atoms with E-state index in [4.69, 9.17) is 9.52 Å². The van der Waals surface area contributed by atoms with Crippen molar-refractivity contribution in [3.8, 4) is 5.75 Å². The number of methoxy groups -OCH3 is 1. The van der Waals surface area contributed by atoms with Gasteiger partial charge in [-0.05, 0) is 99.2 Å². The number of aryl methyl sites for hydroxylation is 2. The van der Waals surface area contributed by atoms with Gasteiger partial charge in [-0.2, -0.15) is 0 Å². The molecule has 8 nitrogen and oxygen atoms in total. The lowest BCUT2D eigenvalue weighted by molar-refractivity contribution is 0.0783. The van der Waals surface area contributed by atoms with Crippen LogP contribution in [0, 0.1) is 4.78 Å². The summed E-state index contributed by atoms with van der Waals surface area (Å²) >= 11 is 0.992. The zero-order valence-electron chi connectivity index (χ0n) is 22.2. The molecule has 2 atom stereocenters. The minimum absolute atomic E-state index is 0.119. The number of anilines is 1. The van der Waals surface area contributed by atoms with Crippen LogP contribution in [0.4, 0.5) is 10.5 Å². The van der Waals surface area contributed by atoms with E-state index in [9.17, 15) is 14.1 Å². The number of hydrogen-bond acceptors (Lipinski definition) is 7. The minimum atomic E-state index is -3.82. The molecule has 0 radical (unpaired) electrons. The number of urea groups is 1. The fraction of sp³-hybridized carbons (Fsp3) is 0.429. The van der Waals surface area contributed by atoms with Gasteiger partial charge in [-0.15, -0.1) is 11.3 Å². The van der Waals surface area contributed by atoms with Gasteiger partial charge in [-0.3, -0.25) is 0 Å². The van der Waals surface area contributed by atoms with E-state index in [2.05, 4.69) is 16.4 Å². The number of carbonyl (C=O) groups excluding carboxylic acids is 1. The second kappa shape index (κ2) is 9.98. The van der Waals surface area contributed by atoms with Gasteiger partial charge in [-0.25, -0.2) is 23.1 Å². The van der Waals surface area contributed by atoms with E-state index in [0.717, 1.165) is 76.5 Å². The molecule has 1 aromatic heterocycles. The number of amides is 2. The van der Waals surface area contributed by atoms with Gasteiger partial charge >= 0.3 is 6.03 Å². The smallest absolute Gasteiger partial charge is 0.335 e. The maximum atomic E-state index is 14.3. The Kier molecular flexibility index (Phi) is 7.00. The number of fused-ring (bicyclic) bond motifs is 2.